The molecule has 1 aromatic heterocycles. The van der Waals surface area contributed by atoms with Crippen molar-refractivity contribution in [1.82, 2.24) is 9.80 Å². The number of fused-ring (bicyclic) bond motifs is 2. The number of carbonyl (C=O) groups is 2. The normalized spacial score (nSPS) is 14.0. The maximum Gasteiger partial charge on any atom is 0.338 e. The summed E-state index contributed by atoms with van der Waals surface area (Å²) in [4.78, 5) is 39.5. The van der Waals surface area contributed by atoms with Gasteiger partial charge in [0.25, 0.3) is 0 Å². The lowest BCUT2D eigenvalue weighted by molar-refractivity contribution is 0.0457. The summed E-state index contributed by atoms with van der Waals surface area (Å²) in [5, 5.41) is 0. The van der Waals surface area contributed by atoms with Crippen LogP contribution in [0.1, 0.15) is 70.9 Å². The van der Waals surface area contributed by atoms with Crippen molar-refractivity contribution < 1.29 is 23.5 Å². The van der Waals surface area contributed by atoms with Crippen LogP contribution in [0.5, 0.6) is 0 Å². The van der Waals surface area contributed by atoms with Gasteiger partial charge in [-0.2, -0.15) is 0 Å². The number of furan rings is 1. The van der Waals surface area contributed by atoms with Crippen molar-refractivity contribution in [3.63, 3.8) is 0 Å². The highest BCUT2D eigenvalue weighted by Crippen LogP contribution is 2.32. The molecule has 3 aromatic carbocycles. The van der Waals surface area contributed by atoms with Gasteiger partial charge in [0.2, 0.25) is 0 Å². The first kappa shape index (κ1) is 33.5. The number of esters is 2. The lowest BCUT2D eigenvalue weighted by atomic mass is 9.87. The number of hydrogen-bond donors (Lipinski definition) is 0. The van der Waals surface area contributed by atoms with E-state index in [-0.39, 0.29) is 11.9 Å². The molecule has 0 N–H and O–H groups in total. The average Bonchev–Trinajstić information content (AvgIpc) is 3.60. The summed E-state index contributed by atoms with van der Waals surface area (Å²) >= 11 is 0. The number of hydrogen-bond acceptors (Lipinski definition) is 9. The third-order valence-corrected chi connectivity index (χ3v) is 8.33. The van der Waals surface area contributed by atoms with Crippen LogP contribution in [0.25, 0.3) is 0 Å². The van der Waals surface area contributed by atoms with Crippen LogP contribution < -0.4 is 0 Å². The van der Waals surface area contributed by atoms with Crippen molar-refractivity contribution in [2.24, 2.45) is 9.98 Å². The Morgan fingerprint density at radius 3 is 1.51 bits per heavy atom. The summed E-state index contributed by atoms with van der Waals surface area (Å²) in [6.45, 7) is 14.1. The van der Waals surface area contributed by atoms with Crippen LogP contribution in [0.4, 0.5) is 11.4 Å². The molecule has 1 aliphatic rings. The first-order chi connectivity index (χ1) is 22.9. The predicted octanol–water partition coefficient (Wildman–Crippen LogP) is 6.93. The van der Waals surface area contributed by atoms with Crippen molar-refractivity contribution in [3.05, 3.63) is 119 Å². The van der Waals surface area contributed by atoms with Crippen LogP contribution in [-0.4, -0.2) is 85.6 Å². The Morgan fingerprint density at radius 1 is 0.596 bits per heavy atom. The molecule has 0 fully saturated rings. The fraction of sp³-hybridized carbons (Fsp3) is 0.316. The van der Waals surface area contributed by atoms with Gasteiger partial charge in [-0.1, -0.05) is 52.0 Å². The van der Waals surface area contributed by atoms with E-state index in [0.29, 0.717) is 60.3 Å². The van der Waals surface area contributed by atoms with E-state index in [9.17, 15) is 9.59 Å². The van der Waals surface area contributed by atoms with Crippen molar-refractivity contribution in [2.45, 2.75) is 27.7 Å². The molecule has 0 atom stereocenters. The molecule has 0 spiro atoms. The standard InChI is InChI=1S/C38H42N4O5/c1-5-41(6-2)22-25-46-37(43)27-13-17-29(18-14-27)39-34-31-11-9-10-12-32(31)35(36-33(34)21-24-45-36)40-30-19-15-28(16-20-30)38(44)47-26-23-42(7-3)8-4/h9-21,24H,5-8,22-23,25-26H2,1-4H3. The summed E-state index contributed by atoms with van der Waals surface area (Å²) in [5.41, 5.74) is 6.36. The zero-order chi connectivity index (χ0) is 33.2. The fourth-order valence-corrected chi connectivity index (χ4v) is 5.46. The quantitative estimate of drug-likeness (QED) is 0.122. The topological polar surface area (TPSA) is 96.9 Å². The van der Waals surface area contributed by atoms with Gasteiger partial charge in [-0.15, -0.1) is 0 Å². The highest BCUT2D eigenvalue weighted by atomic mass is 16.5. The number of benzene rings is 3. The van der Waals surface area contributed by atoms with Crippen LogP contribution in [-0.2, 0) is 9.47 Å². The third-order valence-electron chi connectivity index (χ3n) is 8.33. The number of rotatable bonds is 14. The molecule has 0 unspecified atom stereocenters. The summed E-state index contributed by atoms with van der Waals surface area (Å²) in [6.07, 6.45) is 1.64. The lowest BCUT2D eigenvalue weighted by Gasteiger charge is -2.19. The molecule has 1 heterocycles. The van der Waals surface area contributed by atoms with Crippen LogP contribution >= 0.6 is 0 Å². The Labute approximate surface area is 276 Å². The van der Waals surface area contributed by atoms with Crippen LogP contribution in [0, 0.1) is 0 Å². The Bertz CT molecular complexity index is 1590. The van der Waals surface area contributed by atoms with E-state index in [4.69, 9.17) is 23.9 Å². The maximum atomic E-state index is 12.6. The molecule has 9 heteroatoms. The van der Waals surface area contributed by atoms with E-state index >= 15 is 0 Å². The van der Waals surface area contributed by atoms with E-state index in [1.807, 2.05) is 42.5 Å². The summed E-state index contributed by atoms with van der Waals surface area (Å²) in [5.74, 6) is -0.0953. The van der Waals surface area contributed by atoms with Gasteiger partial charge in [0.15, 0.2) is 5.76 Å². The van der Waals surface area contributed by atoms with E-state index in [1.54, 1.807) is 42.7 Å². The van der Waals surface area contributed by atoms with Crippen molar-refractivity contribution >= 4 is 34.7 Å². The van der Waals surface area contributed by atoms with E-state index < -0.39 is 0 Å². The van der Waals surface area contributed by atoms with Gasteiger partial charge in [0.1, 0.15) is 18.9 Å². The lowest BCUT2D eigenvalue weighted by Crippen LogP contribution is -2.27. The van der Waals surface area contributed by atoms with Crippen LogP contribution in [0.3, 0.4) is 0 Å². The van der Waals surface area contributed by atoms with Crippen molar-refractivity contribution in [1.29, 1.82) is 0 Å². The number of likely N-dealkylation sites (N-methyl/N-ethyl adjacent to an activating group) is 2. The Balaban J connectivity index is 1.34. The van der Waals surface area contributed by atoms with Crippen LogP contribution in [0.2, 0.25) is 0 Å². The van der Waals surface area contributed by atoms with Gasteiger partial charge in [-0.3, -0.25) is 0 Å². The highest BCUT2D eigenvalue weighted by Gasteiger charge is 2.29. The molecule has 1 aliphatic carbocycles. The number of nitrogens with zero attached hydrogens (tertiary/aromatic N) is 4. The fourth-order valence-electron chi connectivity index (χ4n) is 5.46. The van der Waals surface area contributed by atoms with Crippen LogP contribution in [0.15, 0.2) is 99.5 Å². The minimum Gasteiger partial charge on any atom is -0.462 e. The zero-order valence-corrected chi connectivity index (χ0v) is 27.6. The Morgan fingerprint density at radius 2 is 1.04 bits per heavy atom. The van der Waals surface area contributed by atoms with Crippen molar-refractivity contribution in [2.75, 3.05) is 52.5 Å². The van der Waals surface area contributed by atoms with Gasteiger partial charge in [-0.05, 0) is 80.8 Å². The average molecular weight is 635 g/mol. The first-order valence-corrected chi connectivity index (χ1v) is 16.3. The second-order valence-electron chi connectivity index (χ2n) is 11.0. The van der Waals surface area contributed by atoms with E-state index in [1.165, 1.54) is 0 Å². The molecule has 0 radical (unpaired) electrons. The minimum atomic E-state index is -0.353. The Kier molecular flexibility index (Phi) is 11.5. The largest absolute Gasteiger partial charge is 0.462 e. The maximum absolute atomic E-state index is 12.6. The van der Waals surface area contributed by atoms with Gasteiger partial charge >= 0.3 is 11.9 Å². The number of ether oxygens (including phenoxy) is 2. The molecule has 0 saturated heterocycles. The summed E-state index contributed by atoms with van der Waals surface area (Å²) < 4.78 is 16.9. The van der Waals surface area contributed by atoms with E-state index in [0.717, 1.165) is 48.6 Å². The SMILES string of the molecule is CCN(CC)CCOC(=O)c1ccc(N=C2c3ccccc3C(=Nc3ccc(C(=O)OCCN(CC)CC)cc3)c3occc32)cc1. The molecular weight excluding hydrogens is 592 g/mol. The Hall–Kier alpha value is -4.86. The van der Waals surface area contributed by atoms with E-state index in [2.05, 4.69) is 37.5 Å². The third kappa shape index (κ3) is 8.11. The minimum absolute atomic E-state index is 0.348. The molecule has 0 amide bonds. The molecule has 244 valence electrons. The molecule has 4 aromatic rings. The van der Waals surface area contributed by atoms with Crippen molar-refractivity contribution in [3.8, 4) is 0 Å². The number of carbonyl (C=O) groups excluding carboxylic acids is 2. The molecule has 9 nitrogen and oxygen atoms in total. The van der Waals surface area contributed by atoms with Gasteiger partial charge in [0.05, 0.1) is 34.5 Å². The van der Waals surface area contributed by atoms with Gasteiger partial charge < -0.3 is 23.7 Å². The molecule has 47 heavy (non-hydrogen) atoms. The van der Waals surface area contributed by atoms with Gasteiger partial charge in [0, 0.05) is 29.8 Å². The van der Waals surface area contributed by atoms with Gasteiger partial charge in [-0.25, -0.2) is 19.6 Å². The smallest absolute Gasteiger partial charge is 0.338 e. The summed E-state index contributed by atoms with van der Waals surface area (Å²) in [7, 11) is 0. The zero-order valence-electron chi connectivity index (χ0n) is 27.6. The summed E-state index contributed by atoms with van der Waals surface area (Å²) in [6, 6.07) is 24.0. The molecule has 0 saturated carbocycles. The molecule has 0 bridgehead atoms. The molecule has 5 rings (SSSR count). The molecular formula is C38H42N4O5. The first-order valence-electron chi connectivity index (χ1n) is 16.3. The number of aliphatic imine (C=N–C) groups is 2. The predicted molar refractivity (Wildman–Crippen MR) is 185 cm³/mol. The molecule has 0 aliphatic heterocycles. The second kappa shape index (κ2) is 16.1. The second-order valence-corrected chi connectivity index (χ2v) is 11.0. The highest BCUT2D eigenvalue weighted by molar-refractivity contribution is 6.31. The monoisotopic (exact) mass is 634 g/mol.